The van der Waals surface area contributed by atoms with E-state index in [0.29, 0.717) is 29.9 Å². The molecule has 156 valence electrons. The summed E-state index contributed by atoms with van der Waals surface area (Å²) in [4.78, 5) is 26.0. The zero-order valence-corrected chi connectivity index (χ0v) is 18.0. The first kappa shape index (κ1) is 21.4. The van der Waals surface area contributed by atoms with Gasteiger partial charge in [0.2, 0.25) is 11.8 Å². The molecule has 2 aromatic rings. The topological polar surface area (TPSA) is 94.1 Å². The smallest absolute Gasteiger partial charge is 0.233 e. The van der Waals surface area contributed by atoms with E-state index >= 15 is 0 Å². The van der Waals surface area contributed by atoms with Crippen molar-refractivity contribution in [3.05, 3.63) is 41.2 Å². The quantitative estimate of drug-likeness (QED) is 0.570. The summed E-state index contributed by atoms with van der Waals surface area (Å²) in [7, 11) is 0. The van der Waals surface area contributed by atoms with Gasteiger partial charge in [-0.05, 0) is 31.7 Å². The molecule has 0 spiro atoms. The second kappa shape index (κ2) is 9.91. The van der Waals surface area contributed by atoms with Crippen molar-refractivity contribution in [1.29, 1.82) is 0 Å². The van der Waals surface area contributed by atoms with Gasteiger partial charge in [-0.25, -0.2) is 0 Å². The second-order valence-electron chi connectivity index (χ2n) is 7.57. The van der Waals surface area contributed by atoms with Gasteiger partial charge >= 0.3 is 0 Å². The lowest BCUT2D eigenvalue weighted by Gasteiger charge is -2.22. The minimum atomic E-state index is -0.348. The van der Waals surface area contributed by atoms with Crippen LogP contribution in [0.3, 0.4) is 0 Å². The monoisotopic (exact) mass is 415 g/mol. The maximum atomic E-state index is 12.9. The molecule has 1 aliphatic carbocycles. The minimum Gasteiger partial charge on any atom is -0.370 e. The molecule has 1 heterocycles. The predicted molar refractivity (Wildman–Crippen MR) is 113 cm³/mol. The Hall–Kier alpha value is -2.35. The Morgan fingerprint density at radius 1 is 1.24 bits per heavy atom. The molecule has 8 heteroatoms. The first-order valence-corrected chi connectivity index (χ1v) is 11.1. The van der Waals surface area contributed by atoms with Gasteiger partial charge in [-0.1, -0.05) is 48.5 Å². The Morgan fingerprint density at radius 3 is 2.59 bits per heavy atom. The summed E-state index contributed by atoms with van der Waals surface area (Å²) < 4.78 is 1.96. The van der Waals surface area contributed by atoms with Crippen LogP contribution >= 0.6 is 11.8 Å². The van der Waals surface area contributed by atoms with E-state index < -0.39 is 0 Å². The summed E-state index contributed by atoms with van der Waals surface area (Å²) in [6.45, 7) is 5.92. The number of benzene rings is 1. The molecule has 7 nitrogen and oxygen atoms in total. The Bertz CT molecular complexity index is 845. The molecule has 1 aromatic carbocycles. The lowest BCUT2D eigenvalue weighted by atomic mass is 10.1. The third kappa shape index (κ3) is 6.06. The van der Waals surface area contributed by atoms with E-state index in [1.807, 2.05) is 9.47 Å². The van der Waals surface area contributed by atoms with Crippen LogP contribution in [0, 0.1) is 6.92 Å². The molecular formula is C21H29N5O2S. The van der Waals surface area contributed by atoms with Crippen molar-refractivity contribution in [1.82, 2.24) is 19.7 Å². The summed E-state index contributed by atoms with van der Waals surface area (Å²) in [5.41, 5.74) is 7.65. The van der Waals surface area contributed by atoms with Crippen molar-refractivity contribution in [2.24, 2.45) is 5.73 Å². The molecule has 29 heavy (non-hydrogen) atoms. The summed E-state index contributed by atoms with van der Waals surface area (Å²) in [6, 6.07) is 8.28. The molecule has 1 fully saturated rings. The molecule has 1 aliphatic rings. The molecule has 1 aromatic heterocycles. The zero-order chi connectivity index (χ0) is 20.8. The van der Waals surface area contributed by atoms with Gasteiger partial charge in [-0.15, -0.1) is 10.2 Å². The third-order valence-electron chi connectivity index (χ3n) is 4.93. The Morgan fingerprint density at radius 2 is 1.97 bits per heavy atom. The van der Waals surface area contributed by atoms with Crippen LogP contribution in [-0.4, -0.2) is 43.8 Å². The number of aryl methyl sites for hydroxylation is 1. The Kier molecular flexibility index (Phi) is 7.30. The molecule has 3 rings (SSSR count). The van der Waals surface area contributed by atoms with Crippen LogP contribution in [0.25, 0.3) is 0 Å². The van der Waals surface area contributed by atoms with Gasteiger partial charge in [0.05, 0.1) is 5.75 Å². The van der Waals surface area contributed by atoms with Crippen molar-refractivity contribution in [2.45, 2.75) is 63.7 Å². The van der Waals surface area contributed by atoms with E-state index in [2.05, 4.69) is 48.3 Å². The second-order valence-corrected chi connectivity index (χ2v) is 8.52. The molecular weight excluding hydrogens is 386 g/mol. The fraction of sp³-hybridized carbons (Fsp3) is 0.524. The summed E-state index contributed by atoms with van der Waals surface area (Å²) in [5, 5.41) is 9.27. The largest absolute Gasteiger partial charge is 0.370 e. The third-order valence-corrected chi connectivity index (χ3v) is 5.89. The normalized spacial score (nSPS) is 13.4. The van der Waals surface area contributed by atoms with Gasteiger partial charge in [0.25, 0.3) is 0 Å². The first-order chi connectivity index (χ1) is 14.0. The SMILES string of the molecule is CCCN(Cc1ccc(C)cc1)C(=O)CSc1nnc(C2CC2)n1CCC(N)=O. The molecule has 2 N–H and O–H groups in total. The van der Waals surface area contributed by atoms with E-state index in [0.717, 1.165) is 37.2 Å². The van der Waals surface area contributed by atoms with Crippen LogP contribution in [0.5, 0.6) is 0 Å². The molecule has 0 unspecified atom stereocenters. The number of rotatable bonds is 11. The molecule has 2 amide bonds. The van der Waals surface area contributed by atoms with Crippen molar-refractivity contribution < 1.29 is 9.59 Å². The predicted octanol–water partition coefficient (Wildman–Crippen LogP) is 2.87. The van der Waals surface area contributed by atoms with Crippen LogP contribution in [0.4, 0.5) is 0 Å². The number of thioether (sulfide) groups is 1. The number of hydrogen-bond donors (Lipinski definition) is 1. The maximum absolute atomic E-state index is 12.9. The zero-order valence-electron chi connectivity index (χ0n) is 17.1. The number of amides is 2. The average Bonchev–Trinajstić information content (AvgIpc) is 3.46. The highest BCUT2D eigenvalue weighted by Gasteiger charge is 2.30. The molecule has 0 bridgehead atoms. The molecule has 0 atom stereocenters. The van der Waals surface area contributed by atoms with Crippen LogP contribution in [0.2, 0.25) is 0 Å². The van der Waals surface area contributed by atoms with Gasteiger partial charge < -0.3 is 15.2 Å². The number of carbonyl (C=O) groups is 2. The number of nitrogens with two attached hydrogens (primary N) is 1. The number of carbonyl (C=O) groups excluding carboxylic acids is 2. The van der Waals surface area contributed by atoms with Gasteiger partial charge in [0.15, 0.2) is 5.16 Å². The van der Waals surface area contributed by atoms with E-state index in [-0.39, 0.29) is 18.2 Å². The van der Waals surface area contributed by atoms with E-state index in [1.165, 1.54) is 17.3 Å². The number of hydrogen-bond acceptors (Lipinski definition) is 5. The number of primary amides is 1. The molecule has 0 saturated heterocycles. The standard InChI is InChI=1S/C21H29N5O2S/c1-3-11-25(13-16-6-4-15(2)5-7-16)19(28)14-29-21-24-23-20(17-8-9-17)26(21)12-10-18(22)27/h4-7,17H,3,8-14H2,1-2H3,(H2,22,27). The number of aromatic nitrogens is 3. The van der Waals surface area contributed by atoms with E-state index in [1.54, 1.807) is 0 Å². The Labute approximate surface area is 176 Å². The maximum Gasteiger partial charge on any atom is 0.233 e. The van der Waals surface area contributed by atoms with Gasteiger partial charge in [-0.2, -0.15) is 0 Å². The van der Waals surface area contributed by atoms with Gasteiger partial charge in [0, 0.05) is 32.0 Å². The van der Waals surface area contributed by atoms with Crippen LogP contribution < -0.4 is 5.73 Å². The summed E-state index contributed by atoms with van der Waals surface area (Å²) >= 11 is 1.39. The van der Waals surface area contributed by atoms with Crippen LogP contribution in [-0.2, 0) is 22.7 Å². The van der Waals surface area contributed by atoms with Gasteiger partial charge in [-0.3, -0.25) is 9.59 Å². The minimum absolute atomic E-state index is 0.0786. The van der Waals surface area contributed by atoms with E-state index in [9.17, 15) is 9.59 Å². The number of nitrogens with zero attached hydrogens (tertiary/aromatic N) is 4. The lowest BCUT2D eigenvalue weighted by Crippen LogP contribution is -2.32. The highest BCUT2D eigenvalue weighted by atomic mass is 32.2. The van der Waals surface area contributed by atoms with Crippen molar-refractivity contribution in [3.63, 3.8) is 0 Å². The lowest BCUT2D eigenvalue weighted by molar-refractivity contribution is -0.129. The average molecular weight is 416 g/mol. The van der Waals surface area contributed by atoms with Crippen LogP contribution in [0.15, 0.2) is 29.4 Å². The van der Waals surface area contributed by atoms with Crippen molar-refractivity contribution in [3.8, 4) is 0 Å². The Balaban J connectivity index is 1.64. The van der Waals surface area contributed by atoms with Crippen molar-refractivity contribution >= 4 is 23.6 Å². The first-order valence-electron chi connectivity index (χ1n) is 10.2. The highest BCUT2D eigenvalue weighted by Crippen LogP contribution is 2.40. The van der Waals surface area contributed by atoms with Crippen molar-refractivity contribution in [2.75, 3.05) is 12.3 Å². The summed E-state index contributed by atoms with van der Waals surface area (Å²) in [5.74, 6) is 1.35. The fourth-order valence-corrected chi connectivity index (χ4v) is 4.05. The van der Waals surface area contributed by atoms with E-state index in [4.69, 9.17) is 5.73 Å². The molecule has 1 saturated carbocycles. The van der Waals surface area contributed by atoms with Crippen LogP contribution in [0.1, 0.15) is 55.5 Å². The highest BCUT2D eigenvalue weighted by molar-refractivity contribution is 7.99. The molecule has 0 radical (unpaired) electrons. The summed E-state index contributed by atoms with van der Waals surface area (Å²) in [6.07, 6.45) is 3.34. The van der Waals surface area contributed by atoms with Gasteiger partial charge in [0.1, 0.15) is 5.82 Å². The fourth-order valence-electron chi connectivity index (χ4n) is 3.18. The molecule has 0 aliphatic heterocycles.